The Balaban J connectivity index is 3.22. The molecule has 0 amide bonds. The van der Waals surface area contributed by atoms with E-state index in [-0.39, 0.29) is 16.3 Å². The third kappa shape index (κ3) is 2.23. The molecule has 0 aromatic heterocycles. The van der Waals surface area contributed by atoms with Crippen LogP contribution in [-0.4, -0.2) is 5.33 Å². The molecule has 0 heterocycles. The zero-order valence-corrected chi connectivity index (χ0v) is 9.91. The predicted octanol–water partition coefficient (Wildman–Crippen LogP) is 4.15. The van der Waals surface area contributed by atoms with Crippen LogP contribution in [0.3, 0.4) is 0 Å². The number of benzene rings is 1. The number of alkyl halides is 1. The van der Waals surface area contributed by atoms with E-state index in [9.17, 15) is 4.39 Å². The van der Waals surface area contributed by atoms with Crippen molar-refractivity contribution in [3.8, 4) is 0 Å². The van der Waals surface area contributed by atoms with Gasteiger partial charge in [0.2, 0.25) is 0 Å². The Morgan fingerprint density at radius 2 is 2.08 bits per heavy atom. The van der Waals surface area contributed by atoms with Gasteiger partial charge in [-0.05, 0) is 11.6 Å². The summed E-state index contributed by atoms with van der Waals surface area (Å²) in [7, 11) is 0. The molecule has 0 spiro atoms. The maximum atomic E-state index is 13.1. The first-order valence-electron chi connectivity index (χ1n) is 3.99. The fraction of sp³-hybridized carbons (Fsp3) is 0.400. The van der Waals surface area contributed by atoms with E-state index in [1.54, 1.807) is 6.07 Å². The third-order valence-corrected chi connectivity index (χ3v) is 3.80. The van der Waals surface area contributed by atoms with Gasteiger partial charge in [0, 0.05) is 10.7 Å². The number of halogens is 3. The van der Waals surface area contributed by atoms with Crippen molar-refractivity contribution in [2.24, 2.45) is 0 Å². The maximum absolute atomic E-state index is 13.1. The van der Waals surface area contributed by atoms with Gasteiger partial charge in [-0.1, -0.05) is 53.5 Å². The molecule has 1 aromatic rings. The normalized spacial score (nSPS) is 11.8. The third-order valence-electron chi connectivity index (χ3n) is 2.01. The summed E-state index contributed by atoms with van der Waals surface area (Å²) in [5.41, 5.74) is 0.699. The van der Waals surface area contributed by atoms with E-state index >= 15 is 0 Å². The smallest absolute Gasteiger partial charge is 0.142 e. The molecule has 1 rings (SSSR count). The average Bonchev–Trinajstić information content (AvgIpc) is 2.09. The second-order valence-electron chi connectivity index (χ2n) is 3.62. The van der Waals surface area contributed by atoms with Crippen LogP contribution in [0, 0.1) is 5.82 Å². The van der Waals surface area contributed by atoms with Crippen molar-refractivity contribution in [1.29, 1.82) is 0 Å². The van der Waals surface area contributed by atoms with Crippen LogP contribution in [0.2, 0.25) is 5.02 Å². The zero-order valence-electron chi connectivity index (χ0n) is 7.57. The van der Waals surface area contributed by atoms with E-state index in [0.717, 1.165) is 10.9 Å². The van der Waals surface area contributed by atoms with Crippen LogP contribution < -0.4 is 0 Å². The minimum absolute atomic E-state index is 0.140. The van der Waals surface area contributed by atoms with Crippen molar-refractivity contribution in [2.45, 2.75) is 19.3 Å². The molecule has 13 heavy (non-hydrogen) atoms. The SMILES string of the molecule is CC(C)(CBr)c1cccc(F)c1Cl. The van der Waals surface area contributed by atoms with Gasteiger partial charge in [0.05, 0.1) is 5.02 Å². The van der Waals surface area contributed by atoms with Crippen molar-refractivity contribution in [3.05, 3.63) is 34.6 Å². The van der Waals surface area contributed by atoms with Gasteiger partial charge in [0.15, 0.2) is 0 Å². The molecule has 0 saturated heterocycles. The number of hydrogen-bond acceptors (Lipinski definition) is 0. The summed E-state index contributed by atoms with van der Waals surface area (Å²) in [4.78, 5) is 0. The molecule has 0 saturated carbocycles. The Morgan fingerprint density at radius 3 is 2.62 bits per heavy atom. The highest BCUT2D eigenvalue weighted by molar-refractivity contribution is 9.09. The Kier molecular flexibility index (Phi) is 3.36. The molecule has 0 atom stereocenters. The van der Waals surface area contributed by atoms with Crippen molar-refractivity contribution in [1.82, 2.24) is 0 Å². The molecule has 0 fully saturated rings. The van der Waals surface area contributed by atoms with E-state index in [1.165, 1.54) is 6.07 Å². The first-order chi connectivity index (χ1) is 5.99. The van der Waals surface area contributed by atoms with E-state index in [4.69, 9.17) is 11.6 Å². The van der Waals surface area contributed by atoms with Crippen molar-refractivity contribution < 1.29 is 4.39 Å². The summed E-state index contributed by atoms with van der Waals surface area (Å²) in [5.74, 6) is -0.354. The van der Waals surface area contributed by atoms with Crippen molar-refractivity contribution >= 4 is 27.5 Å². The second-order valence-corrected chi connectivity index (χ2v) is 4.56. The lowest BCUT2D eigenvalue weighted by Gasteiger charge is -2.23. The monoisotopic (exact) mass is 264 g/mol. The van der Waals surface area contributed by atoms with Gasteiger partial charge >= 0.3 is 0 Å². The van der Waals surface area contributed by atoms with E-state index < -0.39 is 0 Å². The van der Waals surface area contributed by atoms with Gasteiger partial charge < -0.3 is 0 Å². The fourth-order valence-electron chi connectivity index (χ4n) is 1.10. The van der Waals surface area contributed by atoms with Gasteiger partial charge in [-0.3, -0.25) is 0 Å². The highest BCUT2D eigenvalue weighted by Crippen LogP contribution is 2.32. The van der Waals surface area contributed by atoms with Gasteiger partial charge in [0.25, 0.3) is 0 Å². The number of hydrogen-bond donors (Lipinski definition) is 0. The van der Waals surface area contributed by atoms with Gasteiger partial charge in [-0.25, -0.2) is 4.39 Å². The molecule has 0 aliphatic rings. The molecule has 0 N–H and O–H groups in total. The summed E-state index contributed by atoms with van der Waals surface area (Å²) in [6.45, 7) is 4.03. The van der Waals surface area contributed by atoms with Crippen molar-refractivity contribution in [3.63, 3.8) is 0 Å². The summed E-state index contributed by atoms with van der Waals surface area (Å²) in [6, 6.07) is 4.91. The molecule has 0 radical (unpaired) electrons. The lowest BCUT2D eigenvalue weighted by atomic mass is 9.87. The highest BCUT2D eigenvalue weighted by atomic mass is 79.9. The van der Waals surface area contributed by atoms with E-state index in [0.29, 0.717) is 0 Å². The topological polar surface area (TPSA) is 0 Å². The Labute approximate surface area is 91.2 Å². The summed E-state index contributed by atoms with van der Waals surface area (Å²) in [6.07, 6.45) is 0. The Hall–Kier alpha value is -0.0800. The largest absolute Gasteiger partial charge is 0.205 e. The van der Waals surface area contributed by atoms with Crippen LogP contribution in [0.15, 0.2) is 18.2 Å². The van der Waals surface area contributed by atoms with Gasteiger partial charge in [0.1, 0.15) is 5.82 Å². The molecule has 0 aliphatic carbocycles. The molecular weight excluding hydrogens is 254 g/mol. The minimum atomic E-state index is -0.354. The minimum Gasteiger partial charge on any atom is -0.205 e. The van der Waals surface area contributed by atoms with Crippen LogP contribution >= 0.6 is 27.5 Å². The maximum Gasteiger partial charge on any atom is 0.142 e. The standard InChI is InChI=1S/C10H11BrClF/c1-10(2,6-11)7-4-3-5-8(13)9(7)12/h3-5H,6H2,1-2H3. The Morgan fingerprint density at radius 1 is 1.46 bits per heavy atom. The van der Waals surface area contributed by atoms with E-state index in [1.807, 2.05) is 19.9 Å². The van der Waals surface area contributed by atoms with Crippen molar-refractivity contribution in [2.75, 3.05) is 5.33 Å². The first kappa shape index (κ1) is 11.0. The molecule has 1 aromatic carbocycles. The van der Waals surface area contributed by atoms with Crippen LogP contribution in [0.5, 0.6) is 0 Å². The zero-order chi connectivity index (χ0) is 10.1. The lowest BCUT2D eigenvalue weighted by molar-refractivity contribution is 0.584. The number of rotatable bonds is 2. The lowest BCUT2D eigenvalue weighted by Crippen LogP contribution is -2.19. The molecule has 0 aliphatic heterocycles. The average molecular weight is 266 g/mol. The van der Waals surface area contributed by atoms with Crippen LogP contribution in [0.25, 0.3) is 0 Å². The molecular formula is C10H11BrClF. The summed E-state index contributed by atoms with van der Waals surface area (Å²) < 4.78 is 13.1. The van der Waals surface area contributed by atoms with E-state index in [2.05, 4.69) is 15.9 Å². The highest BCUT2D eigenvalue weighted by Gasteiger charge is 2.23. The van der Waals surface area contributed by atoms with Gasteiger partial charge in [-0.15, -0.1) is 0 Å². The van der Waals surface area contributed by atoms with Gasteiger partial charge in [-0.2, -0.15) is 0 Å². The second kappa shape index (κ2) is 3.97. The molecule has 3 heteroatoms. The predicted molar refractivity (Wildman–Crippen MR) is 58.2 cm³/mol. The summed E-state index contributed by atoms with van der Waals surface area (Å²) >= 11 is 9.25. The first-order valence-corrected chi connectivity index (χ1v) is 5.49. The van der Waals surface area contributed by atoms with Crippen LogP contribution in [0.4, 0.5) is 4.39 Å². The van der Waals surface area contributed by atoms with Crippen LogP contribution in [-0.2, 0) is 5.41 Å². The molecule has 0 nitrogen and oxygen atoms in total. The Bertz CT molecular complexity index is 310. The molecule has 0 unspecified atom stereocenters. The summed E-state index contributed by atoms with van der Waals surface area (Å²) in [5, 5.41) is 0.982. The van der Waals surface area contributed by atoms with Crippen LogP contribution in [0.1, 0.15) is 19.4 Å². The molecule has 0 bridgehead atoms. The quantitative estimate of drug-likeness (QED) is 0.705. The molecule has 72 valence electrons. The fourth-order valence-corrected chi connectivity index (χ4v) is 1.78.